The molecule has 0 unspecified atom stereocenters. The van der Waals surface area contributed by atoms with E-state index in [1.165, 1.54) is 50.6 Å². The zero-order valence-corrected chi connectivity index (χ0v) is 17.1. The highest BCUT2D eigenvalue weighted by Crippen LogP contribution is 2.35. The molecule has 0 aromatic heterocycles. The molecule has 28 heavy (non-hydrogen) atoms. The Morgan fingerprint density at radius 3 is 2.29 bits per heavy atom. The van der Waals surface area contributed by atoms with Crippen molar-refractivity contribution in [1.29, 1.82) is 0 Å². The van der Waals surface area contributed by atoms with Gasteiger partial charge >= 0.3 is 0 Å². The van der Waals surface area contributed by atoms with Gasteiger partial charge in [-0.05, 0) is 17.7 Å². The van der Waals surface area contributed by atoms with Crippen LogP contribution in [0.2, 0.25) is 5.02 Å². The van der Waals surface area contributed by atoms with Gasteiger partial charge in [-0.2, -0.15) is 4.31 Å². The van der Waals surface area contributed by atoms with Gasteiger partial charge in [0.25, 0.3) is 0 Å². The van der Waals surface area contributed by atoms with Gasteiger partial charge in [-0.3, -0.25) is 4.79 Å². The molecule has 2 rings (SSSR count). The van der Waals surface area contributed by atoms with Crippen molar-refractivity contribution < 1.29 is 27.1 Å². The van der Waals surface area contributed by atoms with E-state index in [4.69, 9.17) is 21.1 Å². The fraction of sp³-hybridized carbons (Fsp3) is 0.278. The van der Waals surface area contributed by atoms with Crippen LogP contribution in [0, 0.1) is 5.82 Å². The number of benzene rings is 2. The Balaban J connectivity index is 2.19. The number of ether oxygens (including phenoxy) is 2. The molecule has 7 nitrogen and oxygen atoms in total. The molecule has 0 saturated carbocycles. The maximum absolute atomic E-state index is 13.0. The van der Waals surface area contributed by atoms with Crippen molar-refractivity contribution in [3.63, 3.8) is 0 Å². The lowest BCUT2D eigenvalue weighted by Gasteiger charge is -2.20. The highest BCUT2D eigenvalue weighted by atomic mass is 35.5. The Morgan fingerprint density at radius 1 is 1.14 bits per heavy atom. The van der Waals surface area contributed by atoms with Gasteiger partial charge < -0.3 is 14.8 Å². The predicted octanol–water partition coefficient (Wildman–Crippen LogP) is 2.90. The van der Waals surface area contributed by atoms with Crippen LogP contribution in [0.15, 0.2) is 36.4 Å². The van der Waals surface area contributed by atoms with E-state index in [0.29, 0.717) is 22.1 Å². The largest absolute Gasteiger partial charge is 0.495 e. The Bertz CT molecular complexity index is 951. The van der Waals surface area contributed by atoms with Crippen LogP contribution in [0.3, 0.4) is 0 Å². The molecule has 0 aliphatic carbocycles. The minimum atomic E-state index is -3.69. The van der Waals surface area contributed by atoms with E-state index in [2.05, 4.69) is 5.32 Å². The Morgan fingerprint density at radius 2 is 1.75 bits per heavy atom. The number of carbonyl (C=O) groups excluding carboxylic acids is 1. The molecule has 0 aliphatic heterocycles. The number of rotatable bonds is 8. The first-order valence-electron chi connectivity index (χ1n) is 8.05. The Kier molecular flexibility index (Phi) is 7.22. The highest BCUT2D eigenvalue weighted by molar-refractivity contribution is 7.88. The number of nitrogens with zero attached hydrogens (tertiary/aromatic N) is 1. The van der Waals surface area contributed by atoms with E-state index >= 15 is 0 Å². The van der Waals surface area contributed by atoms with Gasteiger partial charge in [0.05, 0.1) is 37.7 Å². The van der Waals surface area contributed by atoms with Crippen molar-refractivity contribution in [2.24, 2.45) is 0 Å². The van der Waals surface area contributed by atoms with Gasteiger partial charge in [-0.1, -0.05) is 23.7 Å². The number of nitrogens with one attached hydrogen (secondary N) is 1. The second-order valence-corrected chi connectivity index (χ2v) is 8.28. The van der Waals surface area contributed by atoms with Crippen molar-refractivity contribution in [3.05, 3.63) is 52.8 Å². The second kappa shape index (κ2) is 9.22. The van der Waals surface area contributed by atoms with E-state index in [9.17, 15) is 17.6 Å². The lowest BCUT2D eigenvalue weighted by Crippen LogP contribution is -2.37. The normalized spacial score (nSPS) is 11.4. The molecule has 0 aliphatic rings. The number of halogens is 2. The van der Waals surface area contributed by atoms with E-state index in [0.717, 1.165) is 10.6 Å². The molecule has 1 N–H and O–H groups in total. The standard InChI is InChI=1S/C18H20ClFN2O5S/c1-26-16-9-15(17(27-2)8-14(16)19)21-18(23)11-22(28(3,24)25)10-12-4-6-13(20)7-5-12/h4-9H,10-11H2,1-3H3,(H,21,23). The molecule has 0 heterocycles. The summed E-state index contributed by atoms with van der Waals surface area (Å²) in [6.07, 6.45) is 0.996. The van der Waals surface area contributed by atoms with Crippen LogP contribution in [0.25, 0.3) is 0 Å². The zero-order valence-electron chi connectivity index (χ0n) is 15.5. The van der Waals surface area contributed by atoms with E-state index < -0.39 is 28.3 Å². The number of hydrogen-bond donors (Lipinski definition) is 1. The second-order valence-electron chi connectivity index (χ2n) is 5.89. The number of amides is 1. The van der Waals surface area contributed by atoms with E-state index in [1.807, 2.05) is 0 Å². The molecule has 0 spiro atoms. The van der Waals surface area contributed by atoms with Crippen molar-refractivity contribution in [2.45, 2.75) is 6.54 Å². The Hall–Kier alpha value is -2.36. The molecule has 10 heteroatoms. The third-order valence-corrected chi connectivity index (χ3v) is 5.30. The maximum atomic E-state index is 13.0. The topological polar surface area (TPSA) is 84.9 Å². The average molecular weight is 431 g/mol. The van der Waals surface area contributed by atoms with E-state index in [-0.39, 0.29) is 12.2 Å². The lowest BCUT2D eigenvalue weighted by molar-refractivity contribution is -0.116. The fourth-order valence-corrected chi connectivity index (χ4v) is 3.36. The van der Waals surface area contributed by atoms with Crippen LogP contribution in [-0.2, 0) is 21.4 Å². The number of methoxy groups -OCH3 is 2. The van der Waals surface area contributed by atoms with Crippen LogP contribution in [0.5, 0.6) is 11.5 Å². The summed E-state index contributed by atoms with van der Waals surface area (Å²) in [4.78, 5) is 12.5. The van der Waals surface area contributed by atoms with Crippen LogP contribution in [0.4, 0.5) is 10.1 Å². The summed E-state index contributed by atoms with van der Waals surface area (Å²) in [6, 6.07) is 8.31. The molecule has 0 bridgehead atoms. The minimum Gasteiger partial charge on any atom is -0.495 e. The first-order valence-corrected chi connectivity index (χ1v) is 10.3. The maximum Gasteiger partial charge on any atom is 0.239 e. The molecule has 0 radical (unpaired) electrons. The summed E-state index contributed by atoms with van der Waals surface area (Å²) < 4.78 is 48.5. The van der Waals surface area contributed by atoms with Gasteiger partial charge in [0.1, 0.15) is 17.3 Å². The fourth-order valence-electron chi connectivity index (χ4n) is 2.39. The molecular formula is C18H20ClFN2O5S. The monoisotopic (exact) mass is 430 g/mol. The zero-order chi connectivity index (χ0) is 20.9. The van der Waals surface area contributed by atoms with E-state index in [1.54, 1.807) is 0 Å². The summed E-state index contributed by atoms with van der Waals surface area (Å²) in [7, 11) is -0.862. The highest BCUT2D eigenvalue weighted by Gasteiger charge is 2.22. The molecule has 2 aromatic rings. The molecule has 0 atom stereocenters. The third-order valence-electron chi connectivity index (χ3n) is 3.81. The Labute approximate surface area is 168 Å². The van der Waals surface area contributed by atoms with Crippen LogP contribution >= 0.6 is 11.6 Å². The van der Waals surface area contributed by atoms with Gasteiger partial charge in [0, 0.05) is 18.7 Å². The number of sulfonamides is 1. The van der Waals surface area contributed by atoms with Crippen molar-refractivity contribution in [3.8, 4) is 11.5 Å². The molecule has 0 saturated heterocycles. The molecule has 2 aromatic carbocycles. The van der Waals surface area contributed by atoms with Crippen molar-refractivity contribution in [2.75, 3.05) is 32.3 Å². The minimum absolute atomic E-state index is 0.0758. The first kappa shape index (κ1) is 21.9. The summed E-state index contributed by atoms with van der Waals surface area (Å²) in [5.74, 6) is -0.404. The summed E-state index contributed by atoms with van der Waals surface area (Å²) in [5, 5.41) is 2.89. The summed E-state index contributed by atoms with van der Waals surface area (Å²) in [6.45, 7) is -0.516. The average Bonchev–Trinajstić information content (AvgIpc) is 2.63. The third kappa shape index (κ3) is 5.82. The molecule has 1 amide bonds. The predicted molar refractivity (Wildman–Crippen MR) is 105 cm³/mol. The van der Waals surface area contributed by atoms with Crippen molar-refractivity contribution >= 4 is 33.2 Å². The van der Waals surface area contributed by atoms with Crippen molar-refractivity contribution in [1.82, 2.24) is 4.31 Å². The quantitative estimate of drug-likeness (QED) is 0.696. The van der Waals surface area contributed by atoms with Crippen LogP contribution in [-0.4, -0.2) is 45.7 Å². The van der Waals surface area contributed by atoms with Crippen LogP contribution < -0.4 is 14.8 Å². The smallest absolute Gasteiger partial charge is 0.239 e. The lowest BCUT2D eigenvalue weighted by atomic mass is 10.2. The number of anilines is 1. The van der Waals surface area contributed by atoms with Crippen LogP contribution in [0.1, 0.15) is 5.56 Å². The number of hydrogen-bond acceptors (Lipinski definition) is 5. The first-order chi connectivity index (χ1) is 13.1. The summed E-state index contributed by atoms with van der Waals surface area (Å²) in [5.41, 5.74) is 0.828. The van der Waals surface area contributed by atoms with Gasteiger partial charge in [0.15, 0.2) is 0 Å². The molecular weight excluding hydrogens is 411 g/mol. The van der Waals surface area contributed by atoms with Gasteiger partial charge in [0.2, 0.25) is 15.9 Å². The number of carbonyl (C=O) groups is 1. The van der Waals surface area contributed by atoms with Gasteiger partial charge in [-0.15, -0.1) is 0 Å². The summed E-state index contributed by atoms with van der Waals surface area (Å²) >= 11 is 6.03. The SMILES string of the molecule is COc1cc(NC(=O)CN(Cc2ccc(F)cc2)S(C)(=O)=O)c(OC)cc1Cl. The molecule has 152 valence electrons. The van der Waals surface area contributed by atoms with Gasteiger partial charge in [-0.25, -0.2) is 12.8 Å². The molecule has 0 fully saturated rings.